The average Bonchev–Trinajstić information content (AvgIpc) is 1.96. The SMILES string of the molecule is CCP(CC)CC(=O)O[Si](C)(C)C. The smallest absolute Gasteiger partial charge is 0.296 e. The first kappa shape index (κ1) is 13.1. The van der Waals surface area contributed by atoms with Gasteiger partial charge in [0.1, 0.15) is 0 Å². The van der Waals surface area contributed by atoms with Gasteiger partial charge in [0.25, 0.3) is 5.97 Å². The van der Waals surface area contributed by atoms with Crippen molar-refractivity contribution >= 4 is 22.2 Å². The van der Waals surface area contributed by atoms with Crippen LogP contribution in [0.5, 0.6) is 0 Å². The molecule has 0 aliphatic heterocycles. The van der Waals surface area contributed by atoms with Crippen molar-refractivity contribution in [2.45, 2.75) is 33.5 Å². The van der Waals surface area contributed by atoms with Gasteiger partial charge in [-0.25, -0.2) is 0 Å². The Labute approximate surface area is 83.9 Å². The van der Waals surface area contributed by atoms with Crippen LogP contribution in [0.25, 0.3) is 0 Å². The maximum atomic E-state index is 11.4. The molecule has 0 N–H and O–H groups in total. The Bertz CT molecular complexity index is 161. The van der Waals surface area contributed by atoms with Crippen molar-refractivity contribution < 1.29 is 9.22 Å². The largest absolute Gasteiger partial charge is 0.520 e. The van der Waals surface area contributed by atoms with Crippen molar-refractivity contribution in [1.29, 1.82) is 0 Å². The summed E-state index contributed by atoms with van der Waals surface area (Å²) in [6.45, 7) is 10.4. The minimum Gasteiger partial charge on any atom is -0.520 e. The highest BCUT2D eigenvalue weighted by Gasteiger charge is 2.21. The summed E-state index contributed by atoms with van der Waals surface area (Å²) < 4.78 is 5.39. The van der Waals surface area contributed by atoms with Crippen molar-refractivity contribution in [3.8, 4) is 0 Å². The van der Waals surface area contributed by atoms with Crippen LogP contribution < -0.4 is 0 Å². The van der Waals surface area contributed by atoms with Crippen LogP contribution in [0.15, 0.2) is 0 Å². The fraction of sp³-hybridized carbons (Fsp3) is 0.889. The van der Waals surface area contributed by atoms with E-state index in [0.29, 0.717) is 6.16 Å². The lowest BCUT2D eigenvalue weighted by Crippen LogP contribution is -2.30. The van der Waals surface area contributed by atoms with Gasteiger partial charge in [-0.3, -0.25) is 4.79 Å². The quantitative estimate of drug-likeness (QED) is 0.526. The summed E-state index contributed by atoms with van der Waals surface area (Å²) in [6.07, 6.45) is 2.92. The van der Waals surface area contributed by atoms with Crippen molar-refractivity contribution in [2.24, 2.45) is 0 Å². The first-order valence-electron chi connectivity index (χ1n) is 4.83. The Morgan fingerprint density at radius 3 is 2.00 bits per heavy atom. The first-order valence-corrected chi connectivity index (χ1v) is 10.1. The fourth-order valence-electron chi connectivity index (χ4n) is 1.00. The summed E-state index contributed by atoms with van der Waals surface area (Å²) in [5, 5.41) is 0. The summed E-state index contributed by atoms with van der Waals surface area (Å²) in [7, 11) is -1.75. The standard InChI is InChI=1S/C9H21O2PSi/c1-6-12(7-2)8-9(10)11-13(3,4)5/h6-8H2,1-5H3. The lowest BCUT2D eigenvalue weighted by atomic mass is 10.8. The van der Waals surface area contributed by atoms with Crippen LogP contribution in [0.4, 0.5) is 0 Å². The van der Waals surface area contributed by atoms with E-state index in [1.165, 1.54) is 0 Å². The minimum absolute atomic E-state index is 0.0222. The van der Waals surface area contributed by atoms with Crippen LogP contribution >= 0.6 is 7.92 Å². The van der Waals surface area contributed by atoms with E-state index < -0.39 is 8.32 Å². The van der Waals surface area contributed by atoms with Crippen LogP contribution in [-0.4, -0.2) is 32.8 Å². The molecule has 13 heavy (non-hydrogen) atoms. The number of hydrogen-bond acceptors (Lipinski definition) is 2. The molecule has 0 amide bonds. The van der Waals surface area contributed by atoms with E-state index in [9.17, 15) is 4.79 Å². The monoisotopic (exact) mass is 220 g/mol. The molecular weight excluding hydrogens is 199 g/mol. The van der Waals surface area contributed by atoms with Crippen molar-refractivity contribution in [2.75, 3.05) is 18.5 Å². The summed E-state index contributed by atoms with van der Waals surface area (Å²) in [5.74, 6) is 0.0222. The van der Waals surface area contributed by atoms with Gasteiger partial charge in [-0.15, -0.1) is 0 Å². The Kier molecular flexibility index (Phi) is 5.82. The maximum Gasteiger partial charge on any atom is 0.296 e. The molecule has 0 spiro atoms. The van der Waals surface area contributed by atoms with E-state index >= 15 is 0 Å². The summed E-state index contributed by atoms with van der Waals surface area (Å²) in [6, 6.07) is 0. The second-order valence-corrected chi connectivity index (χ2v) is 11.4. The third-order valence-electron chi connectivity index (χ3n) is 1.67. The molecule has 4 heteroatoms. The molecule has 0 radical (unpaired) electrons. The van der Waals surface area contributed by atoms with E-state index in [-0.39, 0.29) is 13.9 Å². The van der Waals surface area contributed by atoms with Crippen molar-refractivity contribution in [1.82, 2.24) is 0 Å². The number of rotatable bonds is 5. The highest BCUT2D eigenvalue weighted by atomic mass is 31.1. The molecular formula is C9H21O2PSi. The molecule has 0 rings (SSSR count). The molecule has 0 saturated heterocycles. The van der Waals surface area contributed by atoms with Crippen LogP contribution in [0.2, 0.25) is 19.6 Å². The van der Waals surface area contributed by atoms with Crippen LogP contribution in [0.1, 0.15) is 13.8 Å². The molecule has 0 aliphatic rings. The highest BCUT2D eigenvalue weighted by Crippen LogP contribution is 2.33. The molecule has 0 unspecified atom stereocenters. The summed E-state index contributed by atoms with van der Waals surface area (Å²) in [5.41, 5.74) is 0. The van der Waals surface area contributed by atoms with Crippen molar-refractivity contribution in [3.63, 3.8) is 0 Å². The number of carbonyl (C=O) groups excluding carboxylic acids is 1. The van der Waals surface area contributed by atoms with E-state index in [0.717, 1.165) is 12.3 Å². The minimum atomic E-state index is -1.65. The fourth-order valence-corrected chi connectivity index (χ4v) is 3.20. The second kappa shape index (κ2) is 5.76. The summed E-state index contributed by atoms with van der Waals surface area (Å²) >= 11 is 0. The molecule has 0 fully saturated rings. The molecule has 0 saturated carbocycles. The average molecular weight is 220 g/mol. The van der Waals surface area contributed by atoms with E-state index in [1.54, 1.807) is 0 Å². The second-order valence-electron chi connectivity index (χ2n) is 4.05. The van der Waals surface area contributed by atoms with E-state index in [4.69, 9.17) is 4.43 Å². The topological polar surface area (TPSA) is 26.3 Å². The molecule has 0 atom stereocenters. The Balaban J connectivity index is 3.86. The molecule has 0 bridgehead atoms. The van der Waals surface area contributed by atoms with Crippen LogP contribution in [0, 0.1) is 0 Å². The van der Waals surface area contributed by atoms with E-state index in [2.05, 4.69) is 13.8 Å². The van der Waals surface area contributed by atoms with Gasteiger partial charge in [-0.05, 0) is 32.0 Å². The Morgan fingerprint density at radius 2 is 1.69 bits per heavy atom. The van der Waals surface area contributed by atoms with Gasteiger partial charge >= 0.3 is 0 Å². The molecule has 0 heterocycles. The lowest BCUT2D eigenvalue weighted by molar-refractivity contribution is -0.132. The molecule has 2 nitrogen and oxygen atoms in total. The Morgan fingerprint density at radius 1 is 1.23 bits per heavy atom. The van der Waals surface area contributed by atoms with Gasteiger partial charge in [0.15, 0.2) is 0 Å². The van der Waals surface area contributed by atoms with Gasteiger partial charge < -0.3 is 4.43 Å². The number of carbonyl (C=O) groups is 1. The summed E-state index contributed by atoms with van der Waals surface area (Å²) in [4.78, 5) is 11.4. The number of hydrogen-bond donors (Lipinski definition) is 0. The van der Waals surface area contributed by atoms with Crippen LogP contribution in [-0.2, 0) is 9.22 Å². The molecule has 0 aliphatic carbocycles. The van der Waals surface area contributed by atoms with Gasteiger partial charge in [0.2, 0.25) is 8.32 Å². The zero-order chi connectivity index (χ0) is 10.5. The third-order valence-corrected chi connectivity index (χ3v) is 5.00. The molecule has 0 aromatic heterocycles. The molecule has 0 aromatic carbocycles. The zero-order valence-corrected chi connectivity index (χ0v) is 11.3. The zero-order valence-electron chi connectivity index (χ0n) is 9.39. The van der Waals surface area contributed by atoms with Gasteiger partial charge in [-0.2, -0.15) is 0 Å². The highest BCUT2D eigenvalue weighted by molar-refractivity contribution is 7.58. The molecule has 0 aromatic rings. The Hall–Kier alpha value is 0.117. The van der Waals surface area contributed by atoms with Crippen LogP contribution in [0.3, 0.4) is 0 Å². The van der Waals surface area contributed by atoms with Gasteiger partial charge in [0.05, 0.1) is 6.16 Å². The van der Waals surface area contributed by atoms with Gasteiger partial charge in [0, 0.05) is 0 Å². The normalized spacial score (nSPS) is 11.8. The van der Waals surface area contributed by atoms with E-state index in [1.807, 2.05) is 19.6 Å². The predicted molar refractivity (Wildman–Crippen MR) is 62.3 cm³/mol. The van der Waals surface area contributed by atoms with Gasteiger partial charge in [-0.1, -0.05) is 21.8 Å². The van der Waals surface area contributed by atoms with Crippen molar-refractivity contribution in [3.05, 3.63) is 0 Å². The first-order chi connectivity index (χ1) is 5.89. The molecule has 78 valence electrons. The predicted octanol–water partition coefficient (Wildman–Crippen LogP) is 2.89. The third kappa shape index (κ3) is 7.21. The lowest BCUT2D eigenvalue weighted by Gasteiger charge is -2.19. The maximum absolute atomic E-state index is 11.4.